The smallest absolute Gasteiger partial charge is 0.462 e. The molecule has 0 aliphatic rings. The molecule has 0 saturated heterocycles. The van der Waals surface area contributed by atoms with Crippen LogP contribution in [0.15, 0.2) is 72.9 Å². The molecule has 0 aromatic carbocycles. The van der Waals surface area contributed by atoms with E-state index >= 15 is 0 Å². The van der Waals surface area contributed by atoms with Gasteiger partial charge >= 0.3 is 19.8 Å². The van der Waals surface area contributed by atoms with Crippen molar-refractivity contribution in [2.24, 2.45) is 0 Å². The van der Waals surface area contributed by atoms with Gasteiger partial charge in [0, 0.05) is 6.42 Å². The van der Waals surface area contributed by atoms with Gasteiger partial charge in [-0.25, -0.2) is 4.57 Å². The van der Waals surface area contributed by atoms with Crippen molar-refractivity contribution >= 4 is 19.8 Å². The van der Waals surface area contributed by atoms with E-state index in [9.17, 15) is 24.2 Å². The molecule has 0 fully saturated rings. The van der Waals surface area contributed by atoms with Gasteiger partial charge in [0.15, 0.2) is 6.10 Å². The predicted octanol–water partition coefficient (Wildman–Crippen LogP) is 9.33. The minimum Gasteiger partial charge on any atom is -0.462 e. The number of rotatable bonds is 34. The molecule has 0 aliphatic heterocycles. The summed E-state index contributed by atoms with van der Waals surface area (Å²) in [5, 5.41) is 18.3. The molecule has 3 atom stereocenters. The van der Waals surface area contributed by atoms with Gasteiger partial charge in [0.2, 0.25) is 0 Å². The average Bonchev–Trinajstić information content (AvgIpc) is 3.12. The number of phosphoric acid groups is 1. The Morgan fingerprint density at radius 3 is 1.71 bits per heavy atom. The lowest BCUT2D eigenvalue weighted by molar-refractivity contribution is -0.160. The average molecular weight is 739 g/mol. The monoisotopic (exact) mass is 738 g/mol. The second kappa shape index (κ2) is 35.8. The van der Waals surface area contributed by atoms with Crippen LogP contribution in [-0.4, -0.2) is 65.7 Å². The highest BCUT2D eigenvalue weighted by molar-refractivity contribution is 7.47. The fourth-order valence-corrected chi connectivity index (χ4v) is 5.26. The van der Waals surface area contributed by atoms with E-state index in [2.05, 4.69) is 67.0 Å². The lowest BCUT2D eigenvalue weighted by Gasteiger charge is -2.20. The van der Waals surface area contributed by atoms with Gasteiger partial charge in [-0.1, -0.05) is 125 Å². The van der Waals surface area contributed by atoms with Crippen molar-refractivity contribution in [2.45, 2.75) is 142 Å². The summed E-state index contributed by atoms with van der Waals surface area (Å²) in [4.78, 5) is 34.7. The van der Waals surface area contributed by atoms with Gasteiger partial charge in [-0.05, 0) is 64.2 Å². The first-order valence-corrected chi connectivity index (χ1v) is 20.4. The summed E-state index contributed by atoms with van der Waals surface area (Å²) < 4.78 is 32.4. The Balaban J connectivity index is 4.56. The summed E-state index contributed by atoms with van der Waals surface area (Å²) in [5.74, 6) is -1.09. The first-order valence-electron chi connectivity index (χ1n) is 18.9. The van der Waals surface area contributed by atoms with Gasteiger partial charge in [-0.3, -0.25) is 18.6 Å². The lowest BCUT2D eigenvalue weighted by atomic mass is 10.1. The topological polar surface area (TPSA) is 149 Å². The highest BCUT2D eigenvalue weighted by Gasteiger charge is 2.27. The Hall–Kier alpha value is -2.59. The molecule has 0 rings (SSSR count). The normalized spacial score (nSPS) is 14.8. The minimum atomic E-state index is -4.64. The first-order chi connectivity index (χ1) is 24.7. The molecule has 51 heavy (non-hydrogen) atoms. The van der Waals surface area contributed by atoms with Crippen LogP contribution < -0.4 is 0 Å². The van der Waals surface area contributed by atoms with Crippen molar-refractivity contribution < 1.29 is 47.8 Å². The zero-order chi connectivity index (χ0) is 37.7. The number of ether oxygens (including phenoxy) is 2. The maximum Gasteiger partial charge on any atom is 0.472 e. The van der Waals surface area contributed by atoms with Crippen molar-refractivity contribution in [2.75, 3.05) is 26.4 Å². The number of aliphatic hydroxyl groups excluding tert-OH is 2. The maximum atomic E-state index is 12.5. The van der Waals surface area contributed by atoms with E-state index < -0.39 is 51.8 Å². The SMILES string of the molecule is CC/C=C\C/C=C\C/C=C\C/C=C\C/C=C\CC(=O)OC(COC(=O)CCCCCCC/C=C\CCCCCC)COP(=O)(O)OCC(O)CO. The molecule has 3 unspecified atom stereocenters. The highest BCUT2D eigenvalue weighted by atomic mass is 31.2. The number of esters is 2. The summed E-state index contributed by atoms with van der Waals surface area (Å²) in [5.41, 5.74) is 0. The van der Waals surface area contributed by atoms with Crippen LogP contribution in [0.1, 0.15) is 129 Å². The summed E-state index contributed by atoms with van der Waals surface area (Å²) in [7, 11) is -4.64. The van der Waals surface area contributed by atoms with Crippen LogP contribution in [0.4, 0.5) is 0 Å². The Morgan fingerprint density at radius 2 is 1.14 bits per heavy atom. The van der Waals surface area contributed by atoms with Gasteiger partial charge in [0.05, 0.1) is 26.2 Å². The molecule has 3 N–H and O–H groups in total. The summed E-state index contributed by atoms with van der Waals surface area (Å²) in [6.45, 7) is 2.09. The Kier molecular flexibility index (Phi) is 34.0. The van der Waals surface area contributed by atoms with E-state index in [1.54, 1.807) is 6.08 Å². The van der Waals surface area contributed by atoms with Crippen LogP contribution in [-0.2, 0) is 32.7 Å². The van der Waals surface area contributed by atoms with E-state index in [1.807, 2.05) is 18.2 Å². The molecule has 0 aliphatic carbocycles. The van der Waals surface area contributed by atoms with Gasteiger partial charge in [0.1, 0.15) is 12.7 Å². The number of hydrogen-bond acceptors (Lipinski definition) is 9. The summed E-state index contributed by atoms with van der Waals surface area (Å²) in [6.07, 6.45) is 39.0. The zero-order valence-electron chi connectivity index (χ0n) is 31.3. The number of carbonyl (C=O) groups is 2. The molecule has 0 aromatic heterocycles. The quantitative estimate of drug-likeness (QED) is 0.0252. The van der Waals surface area contributed by atoms with Gasteiger partial charge in [-0.2, -0.15) is 0 Å². The Bertz CT molecular complexity index is 1080. The van der Waals surface area contributed by atoms with Gasteiger partial charge in [-0.15, -0.1) is 0 Å². The van der Waals surface area contributed by atoms with Crippen LogP contribution >= 0.6 is 7.82 Å². The Morgan fingerprint density at radius 1 is 0.627 bits per heavy atom. The van der Waals surface area contributed by atoms with E-state index in [-0.39, 0.29) is 19.4 Å². The predicted molar refractivity (Wildman–Crippen MR) is 205 cm³/mol. The number of hydrogen-bond donors (Lipinski definition) is 3. The molecule has 0 heterocycles. The first kappa shape index (κ1) is 48.4. The van der Waals surface area contributed by atoms with Crippen LogP contribution in [0.5, 0.6) is 0 Å². The summed E-state index contributed by atoms with van der Waals surface area (Å²) >= 11 is 0. The molecule has 0 spiro atoms. The van der Waals surface area contributed by atoms with E-state index in [4.69, 9.17) is 19.1 Å². The van der Waals surface area contributed by atoms with E-state index in [1.165, 1.54) is 25.7 Å². The minimum absolute atomic E-state index is 0.0529. The van der Waals surface area contributed by atoms with Crippen molar-refractivity contribution in [3.63, 3.8) is 0 Å². The molecule has 0 amide bonds. The van der Waals surface area contributed by atoms with Crippen molar-refractivity contribution in [3.8, 4) is 0 Å². The zero-order valence-corrected chi connectivity index (χ0v) is 32.2. The fourth-order valence-electron chi connectivity index (χ4n) is 4.47. The summed E-state index contributed by atoms with van der Waals surface area (Å²) in [6, 6.07) is 0. The number of unbranched alkanes of at least 4 members (excludes halogenated alkanes) is 9. The lowest BCUT2D eigenvalue weighted by Crippen LogP contribution is -2.29. The number of carbonyl (C=O) groups excluding carboxylic acids is 2. The Labute approximate surface area is 308 Å². The second-order valence-electron chi connectivity index (χ2n) is 12.2. The van der Waals surface area contributed by atoms with Crippen LogP contribution in [0.2, 0.25) is 0 Å². The maximum absolute atomic E-state index is 12.5. The van der Waals surface area contributed by atoms with Crippen molar-refractivity contribution in [3.05, 3.63) is 72.9 Å². The van der Waals surface area contributed by atoms with E-state index in [0.717, 1.165) is 64.2 Å². The van der Waals surface area contributed by atoms with Crippen molar-refractivity contribution in [1.29, 1.82) is 0 Å². The molecule has 0 saturated carbocycles. The fraction of sp³-hybridized carbons (Fsp3) is 0.650. The standard InChI is InChI=1S/C40H67O10P/c1-3-5-7-9-11-13-15-17-18-20-22-24-26-28-30-32-40(44)50-38(36-49-51(45,46)48-34-37(42)33-41)35-47-39(43)31-29-27-25-23-21-19-16-14-12-10-8-6-4-2/h5,7,11,13-14,16-18,22,24,28,30,37-38,41-42H,3-4,6,8-10,12,15,19-21,23,25-27,29,31-36H2,1-2H3,(H,45,46)/b7-5-,13-11-,16-14-,18-17-,24-22-,30-28-. The van der Waals surface area contributed by atoms with E-state index in [0.29, 0.717) is 12.8 Å². The van der Waals surface area contributed by atoms with Crippen molar-refractivity contribution in [1.82, 2.24) is 0 Å². The third kappa shape index (κ3) is 35.6. The third-order valence-electron chi connectivity index (χ3n) is 7.38. The molecular weight excluding hydrogens is 671 g/mol. The van der Waals surface area contributed by atoms with Gasteiger partial charge < -0.3 is 24.6 Å². The largest absolute Gasteiger partial charge is 0.472 e. The molecule has 0 radical (unpaired) electrons. The van der Waals surface area contributed by atoms with Crippen LogP contribution in [0.25, 0.3) is 0 Å². The molecule has 11 heteroatoms. The molecule has 0 aromatic rings. The highest BCUT2D eigenvalue weighted by Crippen LogP contribution is 2.43. The second-order valence-corrected chi connectivity index (χ2v) is 13.7. The van der Waals surface area contributed by atoms with Crippen LogP contribution in [0, 0.1) is 0 Å². The number of phosphoric ester groups is 1. The number of allylic oxidation sites excluding steroid dienone is 11. The molecule has 0 bridgehead atoms. The van der Waals surface area contributed by atoms with Crippen LogP contribution in [0.3, 0.4) is 0 Å². The third-order valence-corrected chi connectivity index (χ3v) is 8.33. The van der Waals surface area contributed by atoms with Gasteiger partial charge in [0.25, 0.3) is 0 Å². The molecular formula is C40H67O10P. The molecule has 10 nitrogen and oxygen atoms in total. The number of aliphatic hydroxyl groups is 2. The molecule has 292 valence electrons.